The van der Waals surface area contributed by atoms with Gasteiger partial charge in [0.1, 0.15) is 6.29 Å². The number of nitrogens with zero attached hydrogens (tertiary/aromatic N) is 1. The predicted octanol–water partition coefficient (Wildman–Crippen LogP) is 2.87. The van der Waals surface area contributed by atoms with E-state index in [1.54, 1.807) is 4.90 Å². The summed E-state index contributed by atoms with van der Waals surface area (Å²) in [5, 5.41) is 9.34. The van der Waals surface area contributed by atoms with Gasteiger partial charge in [0.05, 0.1) is 18.2 Å². The van der Waals surface area contributed by atoms with Crippen LogP contribution in [-0.4, -0.2) is 30.6 Å². The highest BCUT2D eigenvalue weighted by Crippen LogP contribution is 2.39. The third-order valence-corrected chi connectivity index (χ3v) is 3.61. The Hall–Kier alpha value is -1.56. The molecule has 3 nitrogen and oxygen atoms in total. The molecule has 0 spiro atoms. The van der Waals surface area contributed by atoms with Crippen LogP contribution >= 0.6 is 0 Å². The summed E-state index contributed by atoms with van der Waals surface area (Å²) < 4.78 is 39.4. The number of benzene rings is 1. The topological polar surface area (TPSA) is 40.5 Å². The molecule has 0 saturated carbocycles. The van der Waals surface area contributed by atoms with Crippen molar-refractivity contribution in [2.75, 3.05) is 18.1 Å². The molecule has 1 unspecified atom stereocenters. The third-order valence-electron chi connectivity index (χ3n) is 3.61. The average Bonchev–Trinajstić information content (AvgIpc) is 2.45. The summed E-state index contributed by atoms with van der Waals surface area (Å²) in [6, 6.07) is 3.26. The van der Waals surface area contributed by atoms with Crippen LogP contribution in [0.2, 0.25) is 0 Å². The molecule has 110 valence electrons. The normalized spacial score (nSPS) is 20.0. The second kappa shape index (κ2) is 5.83. The Kier molecular flexibility index (Phi) is 4.32. The number of aldehydes is 1. The Morgan fingerprint density at radius 3 is 2.70 bits per heavy atom. The maximum absolute atomic E-state index is 13.1. The van der Waals surface area contributed by atoms with Crippen LogP contribution in [-0.2, 0) is 6.18 Å². The van der Waals surface area contributed by atoms with Gasteiger partial charge in [0.25, 0.3) is 0 Å². The van der Waals surface area contributed by atoms with Gasteiger partial charge in [0.15, 0.2) is 0 Å². The zero-order valence-corrected chi connectivity index (χ0v) is 10.9. The van der Waals surface area contributed by atoms with Gasteiger partial charge < -0.3 is 10.0 Å². The first-order valence-corrected chi connectivity index (χ1v) is 6.51. The summed E-state index contributed by atoms with van der Waals surface area (Å²) in [5.41, 5.74) is -0.775. The zero-order chi connectivity index (χ0) is 14.8. The number of carbonyl (C=O) groups excluding carboxylic acids is 1. The summed E-state index contributed by atoms with van der Waals surface area (Å²) in [7, 11) is 0. The van der Waals surface area contributed by atoms with Gasteiger partial charge in [-0.2, -0.15) is 13.2 Å². The molecule has 6 heteroatoms. The molecule has 0 aliphatic carbocycles. The number of anilines is 1. The molecule has 0 aromatic heterocycles. The smallest absolute Gasteiger partial charge is 0.394 e. The zero-order valence-electron chi connectivity index (χ0n) is 10.9. The number of aliphatic hydroxyl groups excluding tert-OH is 1. The summed E-state index contributed by atoms with van der Waals surface area (Å²) >= 11 is 0. The highest BCUT2D eigenvalue weighted by atomic mass is 19.4. The number of hydrogen-bond acceptors (Lipinski definition) is 3. The van der Waals surface area contributed by atoms with Gasteiger partial charge in [-0.05, 0) is 37.5 Å². The van der Waals surface area contributed by atoms with Crippen molar-refractivity contribution in [3.63, 3.8) is 0 Å². The van der Waals surface area contributed by atoms with E-state index in [0.717, 1.165) is 18.9 Å². The summed E-state index contributed by atoms with van der Waals surface area (Å²) in [5.74, 6) is 0. The second-order valence-corrected chi connectivity index (χ2v) is 4.92. The lowest BCUT2D eigenvalue weighted by molar-refractivity contribution is -0.137. The highest BCUT2D eigenvalue weighted by Gasteiger charge is 2.36. The van der Waals surface area contributed by atoms with Crippen LogP contribution in [0.1, 0.15) is 35.2 Å². The lowest BCUT2D eigenvalue weighted by Gasteiger charge is -2.38. The maximum atomic E-state index is 13.1. The van der Waals surface area contributed by atoms with Crippen LogP contribution in [0.25, 0.3) is 0 Å². The Bertz CT molecular complexity index is 488. The molecule has 1 N–H and O–H groups in total. The summed E-state index contributed by atoms with van der Waals surface area (Å²) in [6.45, 7) is 0.307. The van der Waals surface area contributed by atoms with Crippen LogP contribution in [0.3, 0.4) is 0 Å². The van der Waals surface area contributed by atoms with E-state index in [-0.39, 0.29) is 23.9 Å². The molecule has 0 radical (unpaired) electrons. The van der Waals surface area contributed by atoms with E-state index >= 15 is 0 Å². The molecule has 1 atom stereocenters. The molecule has 1 heterocycles. The molecule has 0 amide bonds. The van der Waals surface area contributed by atoms with Gasteiger partial charge in [-0.25, -0.2) is 0 Å². The number of alkyl halides is 3. The van der Waals surface area contributed by atoms with Crippen molar-refractivity contribution in [2.45, 2.75) is 31.5 Å². The fraction of sp³-hybridized carbons (Fsp3) is 0.500. The van der Waals surface area contributed by atoms with Gasteiger partial charge >= 0.3 is 6.18 Å². The van der Waals surface area contributed by atoms with Crippen LogP contribution < -0.4 is 4.90 Å². The van der Waals surface area contributed by atoms with Crippen LogP contribution in [0.5, 0.6) is 0 Å². The number of rotatable bonds is 3. The van der Waals surface area contributed by atoms with E-state index in [4.69, 9.17) is 0 Å². The molecule has 1 aromatic carbocycles. The predicted molar refractivity (Wildman–Crippen MR) is 68.9 cm³/mol. The van der Waals surface area contributed by atoms with Gasteiger partial charge in [0, 0.05) is 17.8 Å². The number of hydrogen-bond donors (Lipinski definition) is 1. The van der Waals surface area contributed by atoms with Gasteiger partial charge in [-0.3, -0.25) is 4.79 Å². The van der Waals surface area contributed by atoms with Crippen molar-refractivity contribution in [1.82, 2.24) is 0 Å². The molecular weight excluding hydrogens is 271 g/mol. The van der Waals surface area contributed by atoms with E-state index in [1.165, 1.54) is 12.1 Å². The minimum absolute atomic E-state index is 0.00127. The van der Waals surface area contributed by atoms with Crippen molar-refractivity contribution in [1.29, 1.82) is 0 Å². The number of piperidine rings is 1. The van der Waals surface area contributed by atoms with Crippen molar-refractivity contribution in [3.05, 3.63) is 29.3 Å². The Morgan fingerprint density at radius 2 is 2.10 bits per heavy atom. The number of aliphatic hydroxyl groups is 1. The highest BCUT2D eigenvalue weighted by molar-refractivity contribution is 5.77. The molecule has 2 rings (SSSR count). The largest absolute Gasteiger partial charge is 0.418 e. The Balaban J connectivity index is 2.46. The first-order chi connectivity index (χ1) is 9.47. The Labute approximate surface area is 115 Å². The first-order valence-electron chi connectivity index (χ1n) is 6.51. The van der Waals surface area contributed by atoms with Crippen LogP contribution in [0.15, 0.2) is 18.2 Å². The van der Waals surface area contributed by atoms with Crippen LogP contribution in [0.4, 0.5) is 18.9 Å². The lowest BCUT2D eigenvalue weighted by atomic mass is 9.99. The minimum Gasteiger partial charge on any atom is -0.394 e. The lowest BCUT2D eigenvalue weighted by Crippen LogP contribution is -2.42. The third kappa shape index (κ3) is 2.95. The average molecular weight is 287 g/mol. The molecule has 1 aliphatic rings. The quantitative estimate of drug-likeness (QED) is 0.869. The molecular formula is C14H16F3NO2. The van der Waals surface area contributed by atoms with E-state index in [1.807, 2.05) is 0 Å². The summed E-state index contributed by atoms with van der Waals surface area (Å²) in [4.78, 5) is 12.3. The van der Waals surface area contributed by atoms with Gasteiger partial charge in [-0.1, -0.05) is 0 Å². The fourth-order valence-electron chi connectivity index (χ4n) is 2.61. The minimum atomic E-state index is -4.52. The van der Waals surface area contributed by atoms with Gasteiger partial charge in [-0.15, -0.1) is 0 Å². The van der Waals surface area contributed by atoms with E-state index in [0.29, 0.717) is 19.3 Å². The molecule has 1 aliphatic heterocycles. The number of carbonyl (C=O) groups is 1. The van der Waals surface area contributed by atoms with E-state index in [9.17, 15) is 23.1 Å². The fourth-order valence-corrected chi connectivity index (χ4v) is 2.61. The van der Waals surface area contributed by atoms with Crippen LogP contribution in [0, 0.1) is 0 Å². The monoisotopic (exact) mass is 287 g/mol. The van der Waals surface area contributed by atoms with Gasteiger partial charge in [0.2, 0.25) is 0 Å². The number of halogens is 3. The van der Waals surface area contributed by atoms with E-state index in [2.05, 4.69) is 0 Å². The first kappa shape index (κ1) is 14.8. The SMILES string of the molecule is O=Cc1ccc(N2CCCCC2CO)c(C(F)(F)F)c1. The Morgan fingerprint density at radius 1 is 1.35 bits per heavy atom. The molecule has 0 bridgehead atoms. The molecule has 20 heavy (non-hydrogen) atoms. The molecule has 1 saturated heterocycles. The molecule has 1 fully saturated rings. The van der Waals surface area contributed by atoms with E-state index < -0.39 is 11.7 Å². The summed E-state index contributed by atoms with van der Waals surface area (Å²) in [6.07, 6.45) is -1.76. The second-order valence-electron chi connectivity index (χ2n) is 4.92. The van der Waals surface area contributed by atoms with Crippen molar-refractivity contribution < 1.29 is 23.1 Å². The van der Waals surface area contributed by atoms with Crippen molar-refractivity contribution in [3.8, 4) is 0 Å². The maximum Gasteiger partial charge on any atom is 0.418 e. The molecule has 1 aromatic rings. The van der Waals surface area contributed by atoms with Crippen molar-refractivity contribution in [2.24, 2.45) is 0 Å². The van der Waals surface area contributed by atoms with Crippen molar-refractivity contribution >= 4 is 12.0 Å². The standard InChI is InChI=1S/C14H16F3NO2/c15-14(16,17)12-7-10(8-19)4-5-13(12)18-6-2-1-3-11(18)9-20/h4-5,7-8,11,20H,1-3,6,9H2.